The monoisotopic (exact) mass is 343 g/mol. The molecule has 8 heteroatoms. The molecular formula is C17H21N5O3. The molecule has 25 heavy (non-hydrogen) atoms. The Morgan fingerprint density at radius 1 is 1.28 bits per heavy atom. The molecule has 0 spiro atoms. The minimum atomic E-state index is -0.241. The van der Waals surface area contributed by atoms with Gasteiger partial charge in [-0.25, -0.2) is 0 Å². The molecule has 1 atom stereocenters. The van der Waals surface area contributed by atoms with E-state index in [1.54, 1.807) is 0 Å². The lowest BCUT2D eigenvalue weighted by atomic mass is 10.0. The summed E-state index contributed by atoms with van der Waals surface area (Å²) >= 11 is 0. The van der Waals surface area contributed by atoms with Gasteiger partial charge in [0, 0.05) is 31.0 Å². The van der Waals surface area contributed by atoms with Crippen molar-refractivity contribution in [2.45, 2.75) is 44.8 Å². The SMILES string of the molecule is [N-]=[N+]=NCCCCOc1ccc2c(c1)CN(C1CCC(=O)NC1=O)C2. The second kappa shape index (κ2) is 8.00. The minimum absolute atomic E-state index is 0.186. The first-order valence-electron chi connectivity index (χ1n) is 8.50. The quantitative estimate of drug-likeness (QED) is 0.269. The lowest BCUT2D eigenvalue weighted by Crippen LogP contribution is -2.50. The molecule has 3 rings (SSSR count). The standard InChI is InChI=1S/C17H21N5O3/c18-21-19-7-1-2-8-25-14-4-3-12-10-22(11-13(12)9-14)15-5-6-16(23)20-17(15)24/h3-4,9,15H,1-2,5-8,10-11H2,(H,20,23,24). The van der Waals surface area contributed by atoms with Gasteiger partial charge in [0.1, 0.15) is 5.75 Å². The summed E-state index contributed by atoms with van der Waals surface area (Å²) in [7, 11) is 0. The molecule has 0 aromatic heterocycles. The molecule has 1 aromatic carbocycles. The van der Waals surface area contributed by atoms with Crippen molar-refractivity contribution in [3.05, 3.63) is 39.8 Å². The number of piperidine rings is 1. The average molecular weight is 343 g/mol. The topological polar surface area (TPSA) is 107 Å². The predicted octanol–water partition coefficient (Wildman–Crippen LogP) is 2.28. The highest BCUT2D eigenvalue weighted by Gasteiger charge is 2.34. The van der Waals surface area contributed by atoms with E-state index in [1.807, 2.05) is 18.2 Å². The zero-order chi connectivity index (χ0) is 17.6. The molecule has 8 nitrogen and oxygen atoms in total. The Hall–Kier alpha value is -2.57. The summed E-state index contributed by atoms with van der Waals surface area (Å²) in [5.41, 5.74) is 10.6. The molecular weight excluding hydrogens is 322 g/mol. The Balaban J connectivity index is 1.53. The van der Waals surface area contributed by atoms with Crippen molar-refractivity contribution in [2.24, 2.45) is 5.11 Å². The summed E-state index contributed by atoms with van der Waals surface area (Å²) in [6, 6.07) is 5.76. The van der Waals surface area contributed by atoms with E-state index in [0.717, 1.165) is 24.2 Å². The van der Waals surface area contributed by atoms with Crippen LogP contribution in [0.3, 0.4) is 0 Å². The van der Waals surface area contributed by atoms with Crippen LogP contribution in [-0.2, 0) is 22.7 Å². The van der Waals surface area contributed by atoms with Crippen molar-refractivity contribution in [1.29, 1.82) is 0 Å². The van der Waals surface area contributed by atoms with Gasteiger partial charge in [-0.2, -0.15) is 0 Å². The van der Waals surface area contributed by atoms with E-state index in [-0.39, 0.29) is 17.9 Å². The molecule has 1 N–H and O–H groups in total. The van der Waals surface area contributed by atoms with Gasteiger partial charge >= 0.3 is 0 Å². The maximum absolute atomic E-state index is 12.0. The van der Waals surface area contributed by atoms with Crippen LogP contribution in [0.5, 0.6) is 5.75 Å². The second-order valence-electron chi connectivity index (χ2n) is 6.31. The van der Waals surface area contributed by atoms with Gasteiger partial charge in [-0.05, 0) is 48.1 Å². The average Bonchev–Trinajstić information content (AvgIpc) is 3.01. The van der Waals surface area contributed by atoms with E-state index in [2.05, 4.69) is 20.2 Å². The van der Waals surface area contributed by atoms with Crippen molar-refractivity contribution in [1.82, 2.24) is 10.2 Å². The largest absolute Gasteiger partial charge is 0.494 e. The van der Waals surface area contributed by atoms with Gasteiger partial charge in [-0.15, -0.1) is 0 Å². The van der Waals surface area contributed by atoms with Crippen molar-refractivity contribution in [3.63, 3.8) is 0 Å². The maximum Gasteiger partial charge on any atom is 0.243 e. The van der Waals surface area contributed by atoms with E-state index in [9.17, 15) is 9.59 Å². The molecule has 0 aliphatic carbocycles. The number of amides is 2. The van der Waals surface area contributed by atoms with Crippen LogP contribution in [0.1, 0.15) is 36.8 Å². The van der Waals surface area contributed by atoms with E-state index < -0.39 is 0 Å². The van der Waals surface area contributed by atoms with Crippen LogP contribution >= 0.6 is 0 Å². The van der Waals surface area contributed by atoms with Crippen LogP contribution in [-0.4, -0.2) is 35.9 Å². The number of benzene rings is 1. The fourth-order valence-corrected chi connectivity index (χ4v) is 3.26. The second-order valence-corrected chi connectivity index (χ2v) is 6.31. The Morgan fingerprint density at radius 2 is 2.12 bits per heavy atom. The van der Waals surface area contributed by atoms with Gasteiger partial charge in [0.15, 0.2) is 0 Å². The van der Waals surface area contributed by atoms with Crippen LogP contribution in [0.25, 0.3) is 10.4 Å². The number of rotatable bonds is 7. The number of fused-ring (bicyclic) bond motifs is 1. The Labute approximate surface area is 145 Å². The molecule has 0 radical (unpaired) electrons. The summed E-state index contributed by atoms with van der Waals surface area (Å²) in [6.07, 6.45) is 2.61. The normalized spacial score (nSPS) is 19.9. The van der Waals surface area contributed by atoms with E-state index in [4.69, 9.17) is 10.3 Å². The summed E-state index contributed by atoms with van der Waals surface area (Å²) in [6.45, 7) is 2.48. The first-order valence-corrected chi connectivity index (χ1v) is 8.50. The third-order valence-corrected chi connectivity index (χ3v) is 4.56. The number of ether oxygens (including phenoxy) is 1. The smallest absolute Gasteiger partial charge is 0.243 e. The Bertz CT molecular complexity index is 714. The van der Waals surface area contributed by atoms with Crippen molar-refractivity contribution in [2.75, 3.05) is 13.2 Å². The number of carbonyl (C=O) groups excluding carboxylic acids is 2. The fourth-order valence-electron chi connectivity index (χ4n) is 3.26. The molecule has 0 saturated carbocycles. The maximum atomic E-state index is 12.0. The van der Waals surface area contributed by atoms with Crippen LogP contribution < -0.4 is 10.1 Å². The molecule has 2 heterocycles. The van der Waals surface area contributed by atoms with Gasteiger partial charge < -0.3 is 4.74 Å². The van der Waals surface area contributed by atoms with Gasteiger partial charge in [0.25, 0.3) is 0 Å². The third kappa shape index (κ3) is 4.29. The Morgan fingerprint density at radius 3 is 2.92 bits per heavy atom. The number of imide groups is 1. The van der Waals surface area contributed by atoms with Gasteiger partial charge in [-0.3, -0.25) is 19.8 Å². The van der Waals surface area contributed by atoms with E-state index >= 15 is 0 Å². The van der Waals surface area contributed by atoms with E-state index in [0.29, 0.717) is 39.1 Å². The summed E-state index contributed by atoms with van der Waals surface area (Å²) in [4.78, 5) is 28.1. The molecule has 1 aromatic rings. The van der Waals surface area contributed by atoms with Crippen LogP contribution in [0.4, 0.5) is 0 Å². The molecule has 2 amide bonds. The number of nitrogens with zero attached hydrogens (tertiary/aromatic N) is 4. The van der Waals surface area contributed by atoms with E-state index in [1.165, 1.54) is 5.56 Å². The number of nitrogens with one attached hydrogen (secondary N) is 1. The van der Waals surface area contributed by atoms with Crippen molar-refractivity contribution >= 4 is 11.8 Å². The molecule has 132 valence electrons. The predicted molar refractivity (Wildman–Crippen MR) is 90.6 cm³/mol. The number of carbonyl (C=O) groups is 2. The van der Waals surface area contributed by atoms with Gasteiger partial charge in [-0.1, -0.05) is 11.2 Å². The number of azide groups is 1. The molecule has 1 unspecified atom stereocenters. The molecule has 1 fully saturated rings. The number of unbranched alkanes of at least 4 members (excludes halogenated alkanes) is 1. The third-order valence-electron chi connectivity index (χ3n) is 4.56. The van der Waals surface area contributed by atoms with Crippen molar-refractivity contribution < 1.29 is 14.3 Å². The highest BCUT2D eigenvalue weighted by atomic mass is 16.5. The van der Waals surface area contributed by atoms with Crippen LogP contribution in [0.2, 0.25) is 0 Å². The minimum Gasteiger partial charge on any atom is -0.494 e. The first kappa shape index (κ1) is 17.3. The van der Waals surface area contributed by atoms with Gasteiger partial charge in [0.2, 0.25) is 11.8 Å². The fraction of sp³-hybridized carbons (Fsp3) is 0.529. The Kier molecular flexibility index (Phi) is 5.53. The first-order chi connectivity index (χ1) is 12.2. The summed E-state index contributed by atoms with van der Waals surface area (Å²) in [5, 5.41) is 5.91. The van der Waals surface area contributed by atoms with Crippen LogP contribution in [0, 0.1) is 0 Å². The highest BCUT2D eigenvalue weighted by molar-refractivity contribution is 6.00. The molecule has 1 saturated heterocycles. The zero-order valence-electron chi connectivity index (χ0n) is 14.0. The summed E-state index contributed by atoms with van der Waals surface area (Å²) < 4.78 is 5.75. The molecule has 0 bridgehead atoms. The van der Waals surface area contributed by atoms with Crippen LogP contribution in [0.15, 0.2) is 23.3 Å². The van der Waals surface area contributed by atoms with Crippen molar-refractivity contribution in [3.8, 4) is 5.75 Å². The number of hydrogen-bond donors (Lipinski definition) is 1. The zero-order valence-corrected chi connectivity index (χ0v) is 14.0. The lowest BCUT2D eigenvalue weighted by Gasteiger charge is -2.29. The molecule has 2 aliphatic heterocycles. The summed E-state index contributed by atoms with van der Waals surface area (Å²) in [5.74, 6) is 0.433. The number of hydrogen-bond acceptors (Lipinski definition) is 5. The molecule has 2 aliphatic rings. The lowest BCUT2D eigenvalue weighted by molar-refractivity contribution is -0.137. The highest BCUT2D eigenvalue weighted by Crippen LogP contribution is 2.30. The van der Waals surface area contributed by atoms with Gasteiger partial charge in [0.05, 0.1) is 12.6 Å².